The Bertz CT molecular complexity index is 664. The molecule has 0 N–H and O–H groups in total. The smallest absolute Gasteiger partial charge is 0.265 e. The number of hydrogen-bond donors (Lipinski definition) is 0. The van der Waals surface area contributed by atoms with Crippen LogP contribution in [-0.2, 0) is 6.61 Å². The predicted molar refractivity (Wildman–Crippen MR) is 89.7 cm³/mol. The van der Waals surface area contributed by atoms with E-state index in [2.05, 4.69) is 16.9 Å². The number of likely N-dealkylation sites (tertiary alicyclic amines) is 1. The van der Waals surface area contributed by atoms with Gasteiger partial charge < -0.3 is 9.64 Å². The van der Waals surface area contributed by atoms with Crippen LogP contribution in [0.15, 0.2) is 24.5 Å². The highest BCUT2D eigenvalue weighted by molar-refractivity contribution is 7.13. The minimum absolute atomic E-state index is 0.111. The van der Waals surface area contributed by atoms with Gasteiger partial charge in [-0.25, -0.2) is 4.98 Å². The summed E-state index contributed by atoms with van der Waals surface area (Å²) in [7, 11) is 0. The molecule has 0 aromatic carbocycles. The Kier molecular flexibility index (Phi) is 4.91. The first kappa shape index (κ1) is 15.9. The Hall–Kier alpha value is -1.95. The SMILES string of the molecule is Cc1nc(COc2cccnc2)sc1C(=O)N1CCC(C)CC1. The third kappa shape index (κ3) is 3.88. The number of ether oxygens (including phenoxy) is 1. The van der Waals surface area contributed by atoms with Crippen molar-refractivity contribution in [1.82, 2.24) is 14.9 Å². The van der Waals surface area contributed by atoms with Gasteiger partial charge in [-0.3, -0.25) is 9.78 Å². The summed E-state index contributed by atoms with van der Waals surface area (Å²) in [5.41, 5.74) is 0.795. The fourth-order valence-corrected chi connectivity index (χ4v) is 3.59. The standard InChI is InChI=1S/C17H21N3O2S/c1-12-5-8-20(9-6-12)17(21)16-13(2)19-15(23-16)11-22-14-4-3-7-18-10-14/h3-4,7,10,12H,5-6,8-9,11H2,1-2H3. The van der Waals surface area contributed by atoms with Crippen LogP contribution in [0.25, 0.3) is 0 Å². The average Bonchev–Trinajstić information content (AvgIpc) is 2.95. The van der Waals surface area contributed by atoms with Crippen LogP contribution in [0.1, 0.15) is 40.1 Å². The second kappa shape index (κ2) is 7.08. The zero-order chi connectivity index (χ0) is 16.2. The quantitative estimate of drug-likeness (QED) is 0.862. The lowest BCUT2D eigenvalue weighted by molar-refractivity contribution is 0.0701. The summed E-state index contributed by atoms with van der Waals surface area (Å²) in [6.45, 7) is 6.19. The summed E-state index contributed by atoms with van der Waals surface area (Å²) in [6.07, 6.45) is 5.54. The zero-order valence-electron chi connectivity index (χ0n) is 13.5. The van der Waals surface area contributed by atoms with E-state index in [0.717, 1.165) is 41.5 Å². The van der Waals surface area contributed by atoms with Gasteiger partial charge in [0.1, 0.15) is 22.2 Å². The predicted octanol–water partition coefficient (Wildman–Crippen LogP) is 3.30. The minimum atomic E-state index is 0.111. The fourth-order valence-electron chi connectivity index (χ4n) is 2.65. The molecule has 2 aromatic rings. The summed E-state index contributed by atoms with van der Waals surface area (Å²) < 4.78 is 5.66. The highest BCUT2D eigenvalue weighted by Gasteiger charge is 2.24. The van der Waals surface area contributed by atoms with E-state index < -0.39 is 0 Å². The second-order valence-electron chi connectivity index (χ2n) is 5.97. The molecule has 1 aliphatic rings. The van der Waals surface area contributed by atoms with E-state index in [1.807, 2.05) is 24.0 Å². The molecule has 1 aliphatic heterocycles. The van der Waals surface area contributed by atoms with Gasteiger partial charge in [-0.15, -0.1) is 11.3 Å². The topological polar surface area (TPSA) is 55.3 Å². The molecule has 1 saturated heterocycles. The van der Waals surface area contributed by atoms with Gasteiger partial charge in [-0.1, -0.05) is 6.92 Å². The molecule has 3 heterocycles. The maximum atomic E-state index is 12.7. The van der Waals surface area contributed by atoms with Crippen LogP contribution in [0.2, 0.25) is 0 Å². The largest absolute Gasteiger partial charge is 0.485 e. The molecule has 23 heavy (non-hydrogen) atoms. The third-order valence-electron chi connectivity index (χ3n) is 4.10. The fraction of sp³-hybridized carbons (Fsp3) is 0.471. The van der Waals surface area contributed by atoms with Gasteiger partial charge in [-0.2, -0.15) is 0 Å². The van der Waals surface area contributed by atoms with E-state index in [0.29, 0.717) is 18.3 Å². The molecule has 0 unspecified atom stereocenters. The molecule has 2 aromatic heterocycles. The van der Waals surface area contributed by atoms with Crippen molar-refractivity contribution in [2.45, 2.75) is 33.3 Å². The van der Waals surface area contributed by atoms with Crippen molar-refractivity contribution in [2.75, 3.05) is 13.1 Å². The molecular formula is C17H21N3O2S. The number of thiazole rings is 1. The van der Waals surface area contributed by atoms with Gasteiger partial charge in [0.05, 0.1) is 11.9 Å². The Morgan fingerprint density at radius 2 is 2.22 bits per heavy atom. The van der Waals surface area contributed by atoms with E-state index in [9.17, 15) is 4.79 Å². The van der Waals surface area contributed by atoms with Gasteiger partial charge in [0.25, 0.3) is 5.91 Å². The van der Waals surface area contributed by atoms with Gasteiger partial charge >= 0.3 is 0 Å². The van der Waals surface area contributed by atoms with Crippen LogP contribution < -0.4 is 4.74 Å². The number of piperidine rings is 1. The van der Waals surface area contributed by atoms with Crippen molar-refractivity contribution >= 4 is 17.2 Å². The van der Waals surface area contributed by atoms with Crippen molar-refractivity contribution in [3.8, 4) is 5.75 Å². The number of pyridine rings is 1. The first-order valence-corrected chi connectivity index (χ1v) is 8.73. The van der Waals surface area contributed by atoms with Gasteiger partial charge in [0.15, 0.2) is 0 Å². The summed E-state index contributed by atoms with van der Waals surface area (Å²) in [4.78, 5) is 23.8. The maximum absolute atomic E-state index is 12.7. The average molecular weight is 331 g/mol. The monoisotopic (exact) mass is 331 g/mol. The lowest BCUT2D eigenvalue weighted by atomic mass is 9.99. The molecule has 122 valence electrons. The van der Waals surface area contributed by atoms with E-state index in [1.54, 1.807) is 12.4 Å². The number of nitrogens with zero attached hydrogens (tertiary/aromatic N) is 3. The number of rotatable bonds is 4. The van der Waals surface area contributed by atoms with Crippen molar-refractivity contribution in [3.63, 3.8) is 0 Å². The first-order chi connectivity index (χ1) is 11.1. The van der Waals surface area contributed by atoms with Crippen LogP contribution >= 0.6 is 11.3 Å². The van der Waals surface area contributed by atoms with Crippen LogP contribution in [0.3, 0.4) is 0 Å². The third-order valence-corrected chi connectivity index (χ3v) is 5.22. The van der Waals surface area contributed by atoms with Gasteiger partial charge in [-0.05, 0) is 37.8 Å². The molecule has 5 nitrogen and oxygen atoms in total. The van der Waals surface area contributed by atoms with Crippen molar-refractivity contribution in [3.05, 3.63) is 40.1 Å². The van der Waals surface area contributed by atoms with Crippen molar-refractivity contribution < 1.29 is 9.53 Å². The van der Waals surface area contributed by atoms with E-state index in [1.165, 1.54) is 11.3 Å². The molecule has 0 radical (unpaired) electrons. The molecule has 0 atom stereocenters. The molecule has 1 amide bonds. The summed E-state index contributed by atoms with van der Waals surface area (Å²) in [5.74, 6) is 1.53. The molecule has 1 fully saturated rings. The van der Waals surface area contributed by atoms with Gasteiger partial charge in [0, 0.05) is 19.3 Å². The number of amides is 1. The summed E-state index contributed by atoms with van der Waals surface area (Å²) in [5, 5.41) is 0.820. The molecule has 0 saturated carbocycles. The van der Waals surface area contributed by atoms with Crippen molar-refractivity contribution in [1.29, 1.82) is 0 Å². The van der Waals surface area contributed by atoms with E-state index in [-0.39, 0.29) is 5.91 Å². The summed E-state index contributed by atoms with van der Waals surface area (Å²) in [6, 6.07) is 3.68. The second-order valence-corrected chi connectivity index (χ2v) is 7.06. The Labute approximate surface area is 140 Å². The maximum Gasteiger partial charge on any atom is 0.265 e. The molecule has 6 heteroatoms. The molecule has 0 bridgehead atoms. The van der Waals surface area contributed by atoms with E-state index in [4.69, 9.17) is 4.74 Å². The highest BCUT2D eigenvalue weighted by Crippen LogP contribution is 2.24. The zero-order valence-corrected chi connectivity index (χ0v) is 14.3. The van der Waals surface area contributed by atoms with E-state index >= 15 is 0 Å². The first-order valence-electron chi connectivity index (χ1n) is 7.92. The number of carbonyl (C=O) groups excluding carboxylic acids is 1. The molecule has 0 aliphatic carbocycles. The molecule has 0 spiro atoms. The van der Waals surface area contributed by atoms with Gasteiger partial charge in [0.2, 0.25) is 0 Å². The van der Waals surface area contributed by atoms with Crippen molar-refractivity contribution in [2.24, 2.45) is 5.92 Å². The Morgan fingerprint density at radius 1 is 1.43 bits per heavy atom. The lowest BCUT2D eigenvalue weighted by Crippen LogP contribution is -2.37. The van der Waals surface area contributed by atoms with Crippen LogP contribution in [-0.4, -0.2) is 33.9 Å². The van der Waals surface area contributed by atoms with Crippen LogP contribution in [0.4, 0.5) is 0 Å². The number of carbonyl (C=O) groups is 1. The Balaban J connectivity index is 1.64. The molecular weight excluding hydrogens is 310 g/mol. The summed E-state index contributed by atoms with van der Waals surface area (Å²) >= 11 is 1.43. The normalized spacial score (nSPS) is 15.7. The van der Waals surface area contributed by atoms with Crippen LogP contribution in [0, 0.1) is 12.8 Å². The highest BCUT2D eigenvalue weighted by atomic mass is 32.1. The van der Waals surface area contributed by atoms with Crippen LogP contribution in [0.5, 0.6) is 5.75 Å². The number of aryl methyl sites for hydroxylation is 1. The lowest BCUT2D eigenvalue weighted by Gasteiger charge is -2.30. The number of aromatic nitrogens is 2. The molecule has 3 rings (SSSR count). The number of hydrogen-bond acceptors (Lipinski definition) is 5. The minimum Gasteiger partial charge on any atom is -0.485 e. The Morgan fingerprint density at radius 3 is 2.91 bits per heavy atom.